The smallest absolute Gasteiger partial charge is 0.0536 e. The maximum atomic E-state index is 4.19. The highest BCUT2D eigenvalue weighted by Crippen LogP contribution is 2.12. The van der Waals surface area contributed by atoms with Gasteiger partial charge >= 0.3 is 0 Å². The molecule has 3 nitrogen and oxygen atoms in total. The predicted molar refractivity (Wildman–Crippen MR) is 57.0 cm³/mol. The maximum absolute atomic E-state index is 4.19. The molecule has 1 aliphatic heterocycles. The van der Waals surface area contributed by atoms with Crippen LogP contribution in [0.25, 0.3) is 0 Å². The second-order valence-corrected chi connectivity index (χ2v) is 3.90. The van der Waals surface area contributed by atoms with Crippen LogP contribution >= 0.6 is 0 Å². The van der Waals surface area contributed by atoms with Crippen molar-refractivity contribution in [2.45, 2.75) is 19.4 Å². The lowest BCUT2D eigenvalue weighted by atomic mass is 10.1. The second-order valence-electron chi connectivity index (χ2n) is 3.90. The molecule has 1 aliphatic rings. The number of likely N-dealkylation sites (tertiary alicyclic amines) is 1. The van der Waals surface area contributed by atoms with Crippen LogP contribution in [0.2, 0.25) is 0 Å². The molecule has 0 N–H and O–H groups in total. The molecule has 0 saturated carbocycles. The van der Waals surface area contributed by atoms with Gasteiger partial charge in [-0.3, -0.25) is 9.58 Å². The van der Waals surface area contributed by atoms with Gasteiger partial charge in [-0.05, 0) is 25.5 Å². The van der Waals surface area contributed by atoms with Crippen molar-refractivity contribution in [3.63, 3.8) is 0 Å². The Labute approximate surface area is 85.0 Å². The molecule has 2 rings (SSSR count). The van der Waals surface area contributed by atoms with Gasteiger partial charge in [0.15, 0.2) is 0 Å². The molecule has 14 heavy (non-hydrogen) atoms. The zero-order valence-corrected chi connectivity index (χ0v) is 8.52. The van der Waals surface area contributed by atoms with E-state index in [1.54, 1.807) is 0 Å². The van der Waals surface area contributed by atoms with Crippen LogP contribution in [-0.2, 0) is 6.54 Å². The first kappa shape index (κ1) is 9.46. The molecule has 1 aromatic rings. The SMILES string of the molecule is C=C1CCCN(CCn2cccn2)C1. The van der Waals surface area contributed by atoms with Crippen molar-refractivity contribution >= 4 is 0 Å². The summed E-state index contributed by atoms with van der Waals surface area (Å²) >= 11 is 0. The van der Waals surface area contributed by atoms with Crippen molar-refractivity contribution in [2.75, 3.05) is 19.6 Å². The zero-order valence-electron chi connectivity index (χ0n) is 8.52. The first-order valence-corrected chi connectivity index (χ1v) is 5.21. The van der Waals surface area contributed by atoms with Gasteiger partial charge in [-0.25, -0.2) is 0 Å². The van der Waals surface area contributed by atoms with Gasteiger partial charge in [-0.2, -0.15) is 5.10 Å². The average Bonchev–Trinajstić information content (AvgIpc) is 2.67. The lowest BCUT2D eigenvalue weighted by Gasteiger charge is -2.27. The fourth-order valence-corrected chi connectivity index (χ4v) is 1.89. The van der Waals surface area contributed by atoms with Crippen molar-refractivity contribution in [1.82, 2.24) is 14.7 Å². The lowest BCUT2D eigenvalue weighted by Crippen LogP contribution is -2.33. The predicted octanol–water partition coefficient (Wildman–Crippen LogP) is 1.54. The van der Waals surface area contributed by atoms with E-state index in [4.69, 9.17) is 0 Å². The topological polar surface area (TPSA) is 21.1 Å². The monoisotopic (exact) mass is 191 g/mol. The van der Waals surface area contributed by atoms with Gasteiger partial charge in [0.05, 0.1) is 6.54 Å². The van der Waals surface area contributed by atoms with E-state index in [2.05, 4.69) is 16.6 Å². The molecule has 2 heterocycles. The number of hydrogen-bond acceptors (Lipinski definition) is 2. The van der Waals surface area contributed by atoms with Crippen LogP contribution in [0.4, 0.5) is 0 Å². The number of piperidine rings is 1. The summed E-state index contributed by atoms with van der Waals surface area (Å²) in [7, 11) is 0. The Bertz CT molecular complexity index is 289. The van der Waals surface area contributed by atoms with Crippen LogP contribution in [0.3, 0.4) is 0 Å². The van der Waals surface area contributed by atoms with E-state index in [1.165, 1.54) is 25.0 Å². The third kappa shape index (κ3) is 2.45. The van der Waals surface area contributed by atoms with Gasteiger partial charge < -0.3 is 0 Å². The fraction of sp³-hybridized carbons (Fsp3) is 0.545. The molecule has 1 saturated heterocycles. The molecule has 0 unspecified atom stereocenters. The number of aromatic nitrogens is 2. The highest BCUT2D eigenvalue weighted by atomic mass is 15.3. The summed E-state index contributed by atoms with van der Waals surface area (Å²) in [4.78, 5) is 2.45. The Hall–Kier alpha value is -1.09. The quantitative estimate of drug-likeness (QED) is 0.676. The number of rotatable bonds is 3. The molecule has 0 amide bonds. The summed E-state index contributed by atoms with van der Waals surface area (Å²) in [6, 6.07) is 1.97. The van der Waals surface area contributed by atoms with Crippen LogP contribution in [0.15, 0.2) is 30.6 Å². The molecule has 0 aliphatic carbocycles. The summed E-state index contributed by atoms with van der Waals surface area (Å²) in [5.74, 6) is 0. The summed E-state index contributed by atoms with van der Waals surface area (Å²) in [5.41, 5.74) is 1.37. The van der Waals surface area contributed by atoms with Crippen molar-refractivity contribution in [3.8, 4) is 0 Å². The Morgan fingerprint density at radius 3 is 3.07 bits per heavy atom. The molecule has 1 fully saturated rings. The first-order valence-electron chi connectivity index (χ1n) is 5.21. The second kappa shape index (κ2) is 4.42. The third-order valence-electron chi connectivity index (χ3n) is 2.66. The largest absolute Gasteiger partial charge is 0.298 e. The van der Waals surface area contributed by atoms with Gasteiger partial charge in [0, 0.05) is 25.5 Å². The van der Waals surface area contributed by atoms with E-state index in [-0.39, 0.29) is 0 Å². The summed E-state index contributed by atoms with van der Waals surface area (Å²) in [5, 5.41) is 4.19. The average molecular weight is 191 g/mol. The van der Waals surface area contributed by atoms with Gasteiger partial charge in [-0.1, -0.05) is 12.2 Å². The van der Waals surface area contributed by atoms with E-state index in [9.17, 15) is 0 Å². The molecule has 0 aromatic carbocycles. The van der Waals surface area contributed by atoms with E-state index in [0.29, 0.717) is 0 Å². The van der Waals surface area contributed by atoms with Crippen molar-refractivity contribution < 1.29 is 0 Å². The molecular weight excluding hydrogens is 174 g/mol. The molecule has 0 radical (unpaired) electrons. The Balaban J connectivity index is 1.77. The van der Waals surface area contributed by atoms with Crippen molar-refractivity contribution in [2.24, 2.45) is 0 Å². The van der Waals surface area contributed by atoms with Crippen molar-refractivity contribution in [1.29, 1.82) is 0 Å². The Morgan fingerprint density at radius 1 is 1.43 bits per heavy atom. The minimum atomic E-state index is 0.986. The van der Waals surface area contributed by atoms with Crippen LogP contribution < -0.4 is 0 Å². The molecule has 76 valence electrons. The molecule has 0 atom stereocenters. The van der Waals surface area contributed by atoms with E-state index in [1.807, 2.05) is 23.1 Å². The van der Waals surface area contributed by atoms with Gasteiger partial charge in [-0.15, -0.1) is 0 Å². The molecule has 0 bridgehead atoms. The zero-order chi connectivity index (χ0) is 9.80. The highest BCUT2D eigenvalue weighted by Gasteiger charge is 2.11. The first-order chi connectivity index (χ1) is 6.84. The Kier molecular flexibility index (Phi) is 2.99. The maximum Gasteiger partial charge on any atom is 0.0536 e. The summed E-state index contributed by atoms with van der Waals surface area (Å²) < 4.78 is 1.98. The molecule has 0 spiro atoms. The minimum Gasteiger partial charge on any atom is -0.298 e. The van der Waals surface area contributed by atoms with E-state index in [0.717, 1.165) is 19.6 Å². The highest BCUT2D eigenvalue weighted by molar-refractivity contribution is 5.00. The minimum absolute atomic E-state index is 0.986. The van der Waals surface area contributed by atoms with Gasteiger partial charge in [0.25, 0.3) is 0 Å². The normalized spacial score (nSPS) is 18.7. The standard InChI is InChI=1S/C11H17N3/c1-11-4-2-6-13(10-11)8-9-14-7-3-5-12-14/h3,5,7H,1-2,4,6,8-10H2. The van der Waals surface area contributed by atoms with Gasteiger partial charge in [0.2, 0.25) is 0 Å². The van der Waals surface area contributed by atoms with Gasteiger partial charge in [0.1, 0.15) is 0 Å². The fourth-order valence-electron chi connectivity index (χ4n) is 1.89. The lowest BCUT2D eigenvalue weighted by molar-refractivity contribution is 0.252. The molecular formula is C11H17N3. The Morgan fingerprint density at radius 2 is 2.36 bits per heavy atom. The molecule has 1 aromatic heterocycles. The number of nitrogens with zero attached hydrogens (tertiary/aromatic N) is 3. The summed E-state index contributed by atoms with van der Waals surface area (Å²) in [6.07, 6.45) is 6.31. The van der Waals surface area contributed by atoms with Crippen LogP contribution in [-0.4, -0.2) is 34.3 Å². The van der Waals surface area contributed by atoms with E-state index >= 15 is 0 Å². The van der Waals surface area contributed by atoms with Crippen LogP contribution in [0.1, 0.15) is 12.8 Å². The third-order valence-corrected chi connectivity index (χ3v) is 2.66. The van der Waals surface area contributed by atoms with E-state index < -0.39 is 0 Å². The van der Waals surface area contributed by atoms with Crippen molar-refractivity contribution in [3.05, 3.63) is 30.6 Å². The summed E-state index contributed by atoms with van der Waals surface area (Å²) in [6.45, 7) is 8.40. The van der Waals surface area contributed by atoms with Crippen LogP contribution in [0, 0.1) is 0 Å². The molecule has 3 heteroatoms. The van der Waals surface area contributed by atoms with Crippen LogP contribution in [0.5, 0.6) is 0 Å². The number of hydrogen-bond donors (Lipinski definition) is 0.